The number of carbonyl (C=O) groups is 1. The van der Waals surface area contributed by atoms with Gasteiger partial charge >= 0.3 is 5.69 Å². The third-order valence-corrected chi connectivity index (χ3v) is 6.52. The van der Waals surface area contributed by atoms with Crippen molar-refractivity contribution in [3.63, 3.8) is 0 Å². The van der Waals surface area contributed by atoms with E-state index in [0.29, 0.717) is 24.7 Å². The van der Waals surface area contributed by atoms with Crippen molar-refractivity contribution in [2.75, 3.05) is 23.8 Å². The summed E-state index contributed by atoms with van der Waals surface area (Å²) in [5.74, 6) is 0.195. The lowest BCUT2D eigenvalue weighted by atomic mass is 10.2. The Morgan fingerprint density at radius 1 is 1.48 bits per heavy atom. The van der Waals surface area contributed by atoms with Crippen LogP contribution in [0.1, 0.15) is 26.7 Å². The second kappa shape index (κ2) is 7.52. The molecule has 1 atom stereocenters. The first-order valence-corrected chi connectivity index (χ1v) is 10.5. The van der Waals surface area contributed by atoms with Crippen LogP contribution in [0.3, 0.4) is 0 Å². The summed E-state index contributed by atoms with van der Waals surface area (Å²) < 4.78 is 24.7. The van der Waals surface area contributed by atoms with Crippen LogP contribution in [0.2, 0.25) is 0 Å². The van der Waals surface area contributed by atoms with Gasteiger partial charge in [0.25, 0.3) is 0 Å². The summed E-state index contributed by atoms with van der Waals surface area (Å²) >= 11 is 1.20. The maximum absolute atomic E-state index is 12.4. The van der Waals surface area contributed by atoms with Gasteiger partial charge in [0, 0.05) is 19.1 Å². The Bertz CT molecular complexity index is 710. The first-order valence-electron chi connectivity index (χ1n) is 7.65. The Balaban J connectivity index is 1.99. The lowest BCUT2D eigenvalue weighted by molar-refractivity contribution is -0.129. The quantitative estimate of drug-likeness (QED) is 0.690. The lowest BCUT2D eigenvalue weighted by Gasteiger charge is -2.26. The van der Waals surface area contributed by atoms with E-state index in [1.165, 1.54) is 16.3 Å². The molecule has 10 heteroatoms. The van der Waals surface area contributed by atoms with Gasteiger partial charge in [-0.05, 0) is 19.8 Å². The molecule has 0 aromatic carbocycles. The molecule has 0 bridgehead atoms. The maximum atomic E-state index is 12.4. The van der Waals surface area contributed by atoms with Crippen LogP contribution in [0.5, 0.6) is 0 Å². The molecule has 1 N–H and O–H groups in total. The van der Waals surface area contributed by atoms with E-state index in [2.05, 4.69) is 10.2 Å². The Morgan fingerprint density at radius 2 is 2.22 bits per heavy atom. The fourth-order valence-electron chi connectivity index (χ4n) is 2.70. The summed E-state index contributed by atoms with van der Waals surface area (Å²) in [6.45, 7) is 4.82. The van der Waals surface area contributed by atoms with Crippen LogP contribution in [0.25, 0.3) is 0 Å². The lowest BCUT2D eigenvalue weighted by Crippen LogP contribution is -2.42. The van der Waals surface area contributed by atoms with Crippen molar-refractivity contribution in [3.8, 4) is 0 Å². The summed E-state index contributed by atoms with van der Waals surface area (Å²) in [6.07, 6.45) is 1.29. The largest absolute Gasteiger partial charge is 0.343 e. The van der Waals surface area contributed by atoms with E-state index in [4.69, 9.17) is 0 Å². The first kappa shape index (κ1) is 18.1. The number of rotatable bonds is 7. The molecule has 1 aromatic rings. The van der Waals surface area contributed by atoms with E-state index >= 15 is 0 Å². The molecule has 0 aliphatic carbocycles. The van der Waals surface area contributed by atoms with E-state index in [1.54, 1.807) is 4.90 Å². The summed E-state index contributed by atoms with van der Waals surface area (Å²) in [7, 11) is -3.03. The molecule has 1 amide bonds. The molecular formula is C13H22N4O4S2. The molecule has 8 nitrogen and oxygen atoms in total. The standard InChI is InChI=1S/C13H22N4O4S2/c1-3-6-17-12(19)14-15-13(17)22-8-11(18)16(4-2)10-5-7-23(20,21)9-10/h10H,3-9H2,1-2H3,(H,14,19). The van der Waals surface area contributed by atoms with Gasteiger partial charge in [-0.25, -0.2) is 18.3 Å². The Kier molecular flexibility index (Phi) is 5.90. The zero-order valence-corrected chi connectivity index (χ0v) is 15.0. The van der Waals surface area contributed by atoms with E-state index < -0.39 is 9.84 Å². The number of H-pyrrole nitrogens is 1. The van der Waals surface area contributed by atoms with E-state index in [9.17, 15) is 18.0 Å². The van der Waals surface area contributed by atoms with Crippen LogP contribution < -0.4 is 5.69 Å². The van der Waals surface area contributed by atoms with Gasteiger partial charge in [0.15, 0.2) is 15.0 Å². The van der Waals surface area contributed by atoms with Gasteiger partial charge in [-0.2, -0.15) is 0 Å². The van der Waals surface area contributed by atoms with Crippen LogP contribution in [-0.4, -0.2) is 63.8 Å². The minimum atomic E-state index is -3.03. The van der Waals surface area contributed by atoms with Crippen molar-refractivity contribution >= 4 is 27.5 Å². The number of carbonyl (C=O) groups excluding carboxylic acids is 1. The number of sulfone groups is 1. The predicted molar refractivity (Wildman–Crippen MR) is 88.3 cm³/mol. The Hall–Kier alpha value is -1.29. The highest BCUT2D eigenvalue weighted by Crippen LogP contribution is 2.20. The Labute approximate surface area is 139 Å². The summed E-state index contributed by atoms with van der Waals surface area (Å²) in [6, 6.07) is -0.241. The number of aromatic nitrogens is 3. The molecule has 1 aliphatic heterocycles. The smallest absolute Gasteiger partial charge is 0.338 e. The minimum Gasteiger partial charge on any atom is -0.338 e. The monoisotopic (exact) mass is 362 g/mol. The molecule has 0 spiro atoms. The number of hydrogen-bond donors (Lipinski definition) is 1. The number of amides is 1. The van der Waals surface area contributed by atoms with Gasteiger partial charge in [0.05, 0.1) is 17.3 Å². The summed E-state index contributed by atoms with van der Waals surface area (Å²) in [5, 5.41) is 6.81. The summed E-state index contributed by atoms with van der Waals surface area (Å²) in [4.78, 5) is 25.6. The van der Waals surface area contributed by atoms with Crippen LogP contribution in [-0.2, 0) is 21.2 Å². The molecule has 1 aromatic heterocycles. The second-order valence-corrected chi connectivity index (χ2v) is 8.66. The summed E-state index contributed by atoms with van der Waals surface area (Å²) in [5.41, 5.74) is -0.281. The number of hydrogen-bond acceptors (Lipinski definition) is 6. The molecule has 2 heterocycles. The van der Waals surface area contributed by atoms with Crippen molar-refractivity contribution in [2.45, 2.75) is 44.4 Å². The van der Waals surface area contributed by atoms with Gasteiger partial charge in [0.2, 0.25) is 5.91 Å². The number of thioether (sulfide) groups is 1. The van der Waals surface area contributed by atoms with Crippen LogP contribution >= 0.6 is 11.8 Å². The molecule has 1 aliphatic rings. The molecule has 0 radical (unpaired) electrons. The van der Waals surface area contributed by atoms with Crippen molar-refractivity contribution in [1.29, 1.82) is 0 Å². The van der Waals surface area contributed by atoms with Gasteiger partial charge < -0.3 is 4.90 Å². The van der Waals surface area contributed by atoms with Crippen molar-refractivity contribution in [2.24, 2.45) is 0 Å². The normalized spacial score (nSPS) is 19.8. The molecule has 130 valence electrons. The SMILES string of the molecule is CCCn1c(SCC(=O)N(CC)C2CCS(=O)(=O)C2)n[nH]c1=O. The van der Waals surface area contributed by atoms with Crippen molar-refractivity contribution in [1.82, 2.24) is 19.7 Å². The maximum Gasteiger partial charge on any atom is 0.343 e. The second-order valence-electron chi connectivity index (χ2n) is 5.49. The first-order chi connectivity index (χ1) is 10.9. The third kappa shape index (κ3) is 4.37. The van der Waals surface area contributed by atoms with Crippen molar-refractivity contribution < 1.29 is 13.2 Å². The topological polar surface area (TPSA) is 105 Å². The predicted octanol–water partition coefficient (Wildman–Crippen LogP) is 0.109. The van der Waals surface area contributed by atoms with Gasteiger partial charge in [-0.3, -0.25) is 9.36 Å². The molecule has 2 rings (SSSR count). The van der Waals surface area contributed by atoms with Gasteiger partial charge in [-0.1, -0.05) is 18.7 Å². The van der Waals surface area contributed by atoms with E-state index in [0.717, 1.165) is 6.42 Å². The minimum absolute atomic E-state index is 0.0419. The number of nitrogens with zero attached hydrogens (tertiary/aromatic N) is 3. The van der Waals surface area contributed by atoms with Crippen LogP contribution in [0, 0.1) is 0 Å². The average Bonchev–Trinajstić information content (AvgIpc) is 3.02. The third-order valence-electron chi connectivity index (χ3n) is 3.81. The zero-order valence-electron chi connectivity index (χ0n) is 13.3. The van der Waals surface area contributed by atoms with Crippen LogP contribution in [0.4, 0.5) is 0 Å². The van der Waals surface area contributed by atoms with E-state index in [1.807, 2.05) is 13.8 Å². The molecule has 1 saturated heterocycles. The highest BCUT2D eigenvalue weighted by Gasteiger charge is 2.33. The Morgan fingerprint density at radius 3 is 2.78 bits per heavy atom. The average molecular weight is 362 g/mol. The zero-order chi connectivity index (χ0) is 17.0. The fourth-order valence-corrected chi connectivity index (χ4v) is 5.29. The van der Waals surface area contributed by atoms with Crippen LogP contribution in [0.15, 0.2) is 9.95 Å². The van der Waals surface area contributed by atoms with Gasteiger partial charge in [0.1, 0.15) is 0 Å². The highest BCUT2D eigenvalue weighted by molar-refractivity contribution is 7.99. The van der Waals surface area contributed by atoms with Crippen molar-refractivity contribution in [3.05, 3.63) is 10.5 Å². The molecular weight excluding hydrogens is 340 g/mol. The number of nitrogens with one attached hydrogen (secondary N) is 1. The highest BCUT2D eigenvalue weighted by atomic mass is 32.2. The molecule has 0 saturated carbocycles. The molecule has 1 fully saturated rings. The molecule has 1 unspecified atom stereocenters. The van der Waals surface area contributed by atoms with Gasteiger partial charge in [-0.15, -0.1) is 5.10 Å². The van der Waals surface area contributed by atoms with E-state index in [-0.39, 0.29) is 34.9 Å². The molecule has 23 heavy (non-hydrogen) atoms. The fraction of sp³-hybridized carbons (Fsp3) is 0.769. The number of aromatic amines is 1.